The highest BCUT2D eigenvalue weighted by Crippen LogP contribution is 2.11. The van der Waals surface area contributed by atoms with E-state index in [1.807, 2.05) is 24.3 Å². The molecule has 0 unspecified atom stereocenters. The summed E-state index contributed by atoms with van der Waals surface area (Å²) in [4.78, 5) is 24.9. The number of carbonyl (C=O) groups excluding carboxylic acids is 2. The van der Waals surface area contributed by atoms with E-state index in [-0.39, 0.29) is 11.8 Å². The third kappa shape index (κ3) is 7.24. The molecule has 1 aromatic carbocycles. The predicted molar refractivity (Wildman–Crippen MR) is 85.0 cm³/mol. The van der Waals surface area contributed by atoms with Crippen molar-refractivity contribution in [3.05, 3.63) is 34.3 Å². The minimum atomic E-state index is -0.0525. The van der Waals surface area contributed by atoms with Crippen molar-refractivity contribution in [3.8, 4) is 0 Å². The van der Waals surface area contributed by atoms with Crippen LogP contribution in [0.5, 0.6) is 0 Å². The van der Waals surface area contributed by atoms with Gasteiger partial charge < -0.3 is 15.0 Å². The van der Waals surface area contributed by atoms with Crippen LogP contribution in [0, 0.1) is 0 Å². The van der Waals surface area contributed by atoms with Crippen LogP contribution in [-0.4, -0.2) is 50.1 Å². The van der Waals surface area contributed by atoms with E-state index in [0.717, 1.165) is 10.0 Å². The number of methoxy groups -OCH3 is 1. The summed E-state index contributed by atoms with van der Waals surface area (Å²) in [6, 6.07) is 7.64. The van der Waals surface area contributed by atoms with Gasteiger partial charge in [0.1, 0.15) is 0 Å². The lowest BCUT2D eigenvalue weighted by Crippen LogP contribution is -2.39. The Morgan fingerprint density at radius 1 is 1.33 bits per heavy atom. The zero-order chi connectivity index (χ0) is 15.7. The molecule has 0 fully saturated rings. The van der Waals surface area contributed by atoms with E-state index in [9.17, 15) is 9.59 Å². The van der Waals surface area contributed by atoms with Crippen LogP contribution in [0.15, 0.2) is 28.7 Å². The molecule has 0 aliphatic heterocycles. The number of benzene rings is 1. The molecule has 1 N–H and O–H groups in total. The van der Waals surface area contributed by atoms with Crippen molar-refractivity contribution < 1.29 is 14.3 Å². The zero-order valence-corrected chi connectivity index (χ0v) is 14.0. The van der Waals surface area contributed by atoms with Crippen molar-refractivity contribution in [1.29, 1.82) is 0 Å². The standard InChI is InChI=1S/C15H21BrN2O3/c1-12(19)18(8-9-21-2)7-6-17-15(20)11-13-4-3-5-14(16)10-13/h3-5,10H,6-9,11H2,1-2H3,(H,17,20). The van der Waals surface area contributed by atoms with Crippen molar-refractivity contribution in [3.63, 3.8) is 0 Å². The number of hydrogen-bond acceptors (Lipinski definition) is 3. The Labute approximate surface area is 133 Å². The molecule has 0 saturated carbocycles. The molecule has 0 spiro atoms. The molecule has 116 valence electrons. The number of halogens is 1. The fourth-order valence-electron chi connectivity index (χ4n) is 1.85. The quantitative estimate of drug-likeness (QED) is 0.769. The Balaban J connectivity index is 2.33. The van der Waals surface area contributed by atoms with Crippen molar-refractivity contribution >= 4 is 27.7 Å². The molecule has 0 aromatic heterocycles. The highest BCUT2D eigenvalue weighted by molar-refractivity contribution is 9.10. The van der Waals surface area contributed by atoms with Crippen molar-refractivity contribution in [1.82, 2.24) is 10.2 Å². The number of ether oxygens (including phenoxy) is 1. The molecule has 5 nitrogen and oxygen atoms in total. The zero-order valence-electron chi connectivity index (χ0n) is 12.4. The Bertz CT molecular complexity index is 480. The summed E-state index contributed by atoms with van der Waals surface area (Å²) in [5, 5.41) is 2.82. The first-order valence-corrected chi connectivity index (χ1v) is 7.58. The van der Waals surface area contributed by atoms with Gasteiger partial charge >= 0.3 is 0 Å². The lowest BCUT2D eigenvalue weighted by molar-refractivity contribution is -0.130. The van der Waals surface area contributed by atoms with Gasteiger partial charge in [0.05, 0.1) is 13.0 Å². The smallest absolute Gasteiger partial charge is 0.224 e. The summed E-state index contributed by atoms with van der Waals surface area (Å²) in [5.74, 6) is -0.0726. The van der Waals surface area contributed by atoms with Gasteiger partial charge in [-0.3, -0.25) is 9.59 Å². The van der Waals surface area contributed by atoms with E-state index in [2.05, 4.69) is 21.2 Å². The van der Waals surface area contributed by atoms with E-state index in [4.69, 9.17) is 4.74 Å². The van der Waals surface area contributed by atoms with Gasteiger partial charge in [-0.25, -0.2) is 0 Å². The molecular weight excluding hydrogens is 336 g/mol. The summed E-state index contributed by atoms with van der Waals surface area (Å²) in [5.41, 5.74) is 0.949. The average Bonchev–Trinajstić information content (AvgIpc) is 2.42. The van der Waals surface area contributed by atoms with Crippen LogP contribution in [0.25, 0.3) is 0 Å². The molecule has 0 aliphatic rings. The van der Waals surface area contributed by atoms with E-state index in [1.54, 1.807) is 12.0 Å². The molecule has 6 heteroatoms. The number of amides is 2. The summed E-state index contributed by atoms with van der Waals surface area (Å²) >= 11 is 3.38. The van der Waals surface area contributed by atoms with Crippen LogP contribution in [0.4, 0.5) is 0 Å². The van der Waals surface area contributed by atoms with Crippen LogP contribution in [0.2, 0.25) is 0 Å². The second kappa shape index (κ2) is 9.52. The van der Waals surface area contributed by atoms with E-state index >= 15 is 0 Å². The second-order valence-corrected chi connectivity index (χ2v) is 5.57. The summed E-state index contributed by atoms with van der Waals surface area (Å²) in [6.45, 7) is 3.47. The van der Waals surface area contributed by atoms with Crippen LogP contribution in [0.1, 0.15) is 12.5 Å². The van der Waals surface area contributed by atoms with Gasteiger partial charge in [0.2, 0.25) is 11.8 Å². The first-order valence-electron chi connectivity index (χ1n) is 6.78. The predicted octanol–water partition coefficient (Wildman–Crippen LogP) is 1.60. The van der Waals surface area contributed by atoms with Gasteiger partial charge in [-0.05, 0) is 17.7 Å². The normalized spacial score (nSPS) is 10.2. The first kappa shape index (κ1) is 17.7. The van der Waals surface area contributed by atoms with Crippen LogP contribution >= 0.6 is 15.9 Å². The molecule has 0 heterocycles. The summed E-state index contributed by atoms with van der Waals surface area (Å²) < 4.78 is 5.91. The van der Waals surface area contributed by atoms with Crippen molar-refractivity contribution in [2.75, 3.05) is 33.4 Å². The highest BCUT2D eigenvalue weighted by Gasteiger charge is 2.09. The van der Waals surface area contributed by atoms with E-state index < -0.39 is 0 Å². The molecule has 1 rings (SSSR count). The van der Waals surface area contributed by atoms with Gasteiger partial charge in [-0.2, -0.15) is 0 Å². The average molecular weight is 357 g/mol. The molecular formula is C15H21BrN2O3. The minimum Gasteiger partial charge on any atom is -0.383 e. The molecule has 1 aromatic rings. The van der Waals surface area contributed by atoms with Gasteiger partial charge in [-0.15, -0.1) is 0 Å². The maximum atomic E-state index is 11.8. The lowest BCUT2D eigenvalue weighted by Gasteiger charge is -2.20. The van der Waals surface area contributed by atoms with E-state index in [1.165, 1.54) is 6.92 Å². The first-order chi connectivity index (χ1) is 10.0. The number of nitrogens with zero attached hydrogens (tertiary/aromatic N) is 1. The minimum absolute atomic E-state index is 0.0201. The lowest BCUT2D eigenvalue weighted by atomic mass is 10.1. The maximum Gasteiger partial charge on any atom is 0.224 e. The summed E-state index contributed by atoms with van der Waals surface area (Å²) in [7, 11) is 1.60. The van der Waals surface area contributed by atoms with Gasteiger partial charge in [-0.1, -0.05) is 28.1 Å². The van der Waals surface area contributed by atoms with Gasteiger partial charge in [0.25, 0.3) is 0 Å². The molecule has 0 aliphatic carbocycles. The van der Waals surface area contributed by atoms with Gasteiger partial charge in [0.15, 0.2) is 0 Å². The molecule has 0 radical (unpaired) electrons. The Hall–Kier alpha value is -1.40. The second-order valence-electron chi connectivity index (χ2n) is 4.66. The SMILES string of the molecule is COCCN(CCNC(=O)Cc1cccc(Br)c1)C(C)=O. The molecule has 0 atom stereocenters. The summed E-state index contributed by atoms with van der Waals surface area (Å²) in [6.07, 6.45) is 0.331. The molecule has 2 amide bonds. The molecule has 0 bridgehead atoms. The Morgan fingerprint density at radius 3 is 2.71 bits per heavy atom. The van der Waals surface area contributed by atoms with Crippen LogP contribution < -0.4 is 5.32 Å². The third-order valence-corrected chi connectivity index (χ3v) is 3.46. The molecule has 21 heavy (non-hydrogen) atoms. The molecule has 0 saturated heterocycles. The van der Waals surface area contributed by atoms with Crippen LogP contribution in [-0.2, 0) is 20.7 Å². The van der Waals surface area contributed by atoms with Crippen molar-refractivity contribution in [2.24, 2.45) is 0 Å². The number of carbonyl (C=O) groups is 2. The van der Waals surface area contributed by atoms with E-state index in [0.29, 0.717) is 32.7 Å². The number of rotatable bonds is 8. The Kier molecular flexibility index (Phi) is 8.00. The fourth-order valence-corrected chi connectivity index (χ4v) is 2.30. The number of hydrogen-bond donors (Lipinski definition) is 1. The fraction of sp³-hybridized carbons (Fsp3) is 0.467. The third-order valence-electron chi connectivity index (χ3n) is 2.97. The topological polar surface area (TPSA) is 58.6 Å². The van der Waals surface area contributed by atoms with Crippen molar-refractivity contribution in [2.45, 2.75) is 13.3 Å². The van der Waals surface area contributed by atoms with Gasteiger partial charge in [0, 0.05) is 38.1 Å². The number of nitrogens with one attached hydrogen (secondary N) is 1. The monoisotopic (exact) mass is 356 g/mol. The Morgan fingerprint density at radius 2 is 2.10 bits per heavy atom. The maximum absolute atomic E-state index is 11.8. The highest BCUT2D eigenvalue weighted by atomic mass is 79.9. The largest absolute Gasteiger partial charge is 0.383 e. The van der Waals surface area contributed by atoms with Crippen LogP contribution in [0.3, 0.4) is 0 Å².